The molecule has 0 unspecified atom stereocenters. The molecule has 0 spiro atoms. The van der Waals surface area contributed by atoms with Gasteiger partial charge in [0.15, 0.2) is 11.5 Å². The van der Waals surface area contributed by atoms with Gasteiger partial charge in [-0.1, -0.05) is 21.1 Å². The molecule has 0 aliphatic rings. The summed E-state index contributed by atoms with van der Waals surface area (Å²) in [7, 11) is 0. The second-order valence-corrected chi connectivity index (χ2v) is 4.38. The summed E-state index contributed by atoms with van der Waals surface area (Å²) in [5.41, 5.74) is 0.358. The number of aromatic carboxylic acids is 1. The Bertz CT molecular complexity index is 594. The molecule has 1 N–H and O–H groups in total. The predicted octanol–water partition coefficient (Wildman–Crippen LogP) is 3.25. The van der Waals surface area contributed by atoms with Gasteiger partial charge in [-0.05, 0) is 24.6 Å². The largest absolute Gasteiger partial charge is 0.476 e. The minimum Gasteiger partial charge on any atom is -0.476 e. The molecule has 0 fully saturated rings. The van der Waals surface area contributed by atoms with Gasteiger partial charge in [-0.15, -0.1) is 0 Å². The molecule has 0 atom stereocenters. The maximum Gasteiger partial charge on any atom is 0.358 e. The third-order valence-corrected chi connectivity index (χ3v) is 2.67. The first-order chi connectivity index (χ1) is 7.99. The van der Waals surface area contributed by atoms with Gasteiger partial charge in [0, 0.05) is 10.5 Å². The van der Waals surface area contributed by atoms with Gasteiger partial charge < -0.3 is 9.63 Å². The van der Waals surface area contributed by atoms with Crippen LogP contribution < -0.4 is 0 Å². The number of carbonyl (C=O) groups is 1. The van der Waals surface area contributed by atoms with Crippen molar-refractivity contribution in [3.8, 4) is 11.3 Å². The Morgan fingerprint density at radius 1 is 1.47 bits per heavy atom. The first-order valence-electron chi connectivity index (χ1n) is 4.65. The number of hydrogen-bond donors (Lipinski definition) is 1. The number of carboxylic acids is 1. The molecule has 1 heterocycles. The van der Waals surface area contributed by atoms with E-state index >= 15 is 0 Å². The lowest BCUT2D eigenvalue weighted by Gasteiger charge is -2.02. The van der Waals surface area contributed by atoms with E-state index in [1.54, 1.807) is 13.0 Å². The van der Waals surface area contributed by atoms with Gasteiger partial charge in [0.1, 0.15) is 5.82 Å². The number of hydrogen-bond acceptors (Lipinski definition) is 3. The lowest BCUT2D eigenvalue weighted by molar-refractivity contribution is 0.0686. The zero-order chi connectivity index (χ0) is 12.6. The van der Waals surface area contributed by atoms with Crippen LogP contribution in [0.25, 0.3) is 11.3 Å². The van der Waals surface area contributed by atoms with Gasteiger partial charge in [-0.25, -0.2) is 9.18 Å². The van der Waals surface area contributed by atoms with Crippen molar-refractivity contribution in [2.45, 2.75) is 6.92 Å². The van der Waals surface area contributed by atoms with Crippen LogP contribution in [0.5, 0.6) is 0 Å². The summed E-state index contributed by atoms with van der Waals surface area (Å²) in [4.78, 5) is 10.6. The summed E-state index contributed by atoms with van der Waals surface area (Å²) in [6.07, 6.45) is 0. The Balaban J connectivity index is 2.56. The highest BCUT2D eigenvalue weighted by Gasteiger charge is 2.16. The second kappa shape index (κ2) is 4.29. The van der Waals surface area contributed by atoms with Crippen LogP contribution in [0, 0.1) is 12.7 Å². The molecule has 1 aromatic carbocycles. The van der Waals surface area contributed by atoms with Crippen molar-refractivity contribution in [1.29, 1.82) is 0 Å². The Hall–Kier alpha value is -1.69. The zero-order valence-electron chi connectivity index (χ0n) is 8.70. The summed E-state index contributed by atoms with van der Waals surface area (Å²) < 4.78 is 19.3. The number of nitrogens with zero attached hydrogens (tertiary/aromatic N) is 1. The molecule has 4 nitrogen and oxygen atoms in total. The Morgan fingerprint density at radius 2 is 2.18 bits per heavy atom. The molecular weight excluding hydrogens is 293 g/mol. The monoisotopic (exact) mass is 299 g/mol. The van der Waals surface area contributed by atoms with Crippen LogP contribution in [0.15, 0.2) is 27.2 Å². The predicted molar refractivity (Wildman–Crippen MR) is 61.3 cm³/mol. The number of aryl methyl sites for hydroxylation is 1. The Labute approximate surface area is 104 Å². The van der Waals surface area contributed by atoms with Crippen molar-refractivity contribution >= 4 is 21.9 Å². The van der Waals surface area contributed by atoms with Gasteiger partial charge in [-0.2, -0.15) is 0 Å². The van der Waals surface area contributed by atoms with Crippen molar-refractivity contribution < 1.29 is 18.8 Å². The van der Waals surface area contributed by atoms with Crippen LogP contribution in [0.2, 0.25) is 0 Å². The van der Waals surface area contributed by atoms with Gasteiger partial charge in [0.2, 0.25) is 0 Å². The SMILES string of the molecule is Cc1cc(Br)cc(-c2cc(C(=O)O)no2)c1F. The van der Waals surface area contributed by atoms with Gasteiger partial charge in [0.05, 0.1) is 5.56 Å². The molecule has 0 saturated carbocycles. The van der Waals surface area contributed by atoms with Crippen LogP contribution in [0.4, 0.5) is 4.39 Å². The zero-order valence-corrected chi connectivity index (χ0v) is 10.3. The van der Waals surface area contributed by atoms with Crippen LogP contribution in [-0.2, 0) is 0 Å². The minimum atomic E-state index is -1.22. The van der Waals surface area contributed by atoms with E-state index in [4.69, 9.17) is 9.63 Å². The number of benzene rings is 1. The second-order valence-electron chi connectivity index (χ2n) is 3.47. The highest BCUT2D eigenvalue weighted by atomic mass is 79.9. The van der Waals surface area contributed by atoms with Crippen LogP contribution in [0.1, 0.15) is 16.1 Å². The van der Waals surface area contributed by atoms with Gasteiger partial charge >= 0.3 is 5.97 Å². The number of halogens is 2. The van der Waals surface area contributed by atoms with Gasteiger partial charge in [-0.3, -0.25) is 0 Å². The van der Waals surface area contributed by atoms with Crippen molar-refractivity contribution in [2.24, 2.45) is 0 Å². The summed E-state index contributed by atoms with van der Waals surface area (Å²) in [6.45, 7) is 1.61. The quantitative estimate of drug-likeness (QED) is 0.924. The average molecular weight is 300 g/mol. The normalized spacial score (nSPS) is 10.5. The first-order valence-corrected chi connectivity index (χ1v) is 5.44. The topological polar surface area (TPSA) is 63.3 Å². The molecule has 2 aromatic rings. The highest BCUT2D eigenvalue weighted by molar-refractivity contribution is 9.10. The number of rotatable bonds is 2. The number of carboxylic acid groups (broad SMARTS) is 1. The van der Waals surface area contributed by atoms with Crippen molar-refractivity contribution in [3.63, 3.8) is 0 Å². The van der Waals surface area contributed by atoms with Crippen molar-refractivity contribution in [3.05, 3.63) is 39.7 Å². The third-order valence-electron chi connectivity index (χ3n) is 2.21. The molecule has 0 radical (unpaired) electrons. The Kier molecular flexibility index (Phi) is 2.97. The highest BCUT2D eigenvalue weighted by Crippen LogP contribution is 2.29. The average Bonchev–Trinajstić information content (AvgIpc) is 2.72. The molecule has 1 aromatic heterocycles. The fourth-order valence-electron chi connectivity index (χ4n) is 1.41. The standard InChI is InChI=1S/C11H7BrFNO3/c1-5-2-6(12)3-7(10(5)13)9-4-8(11(15)16)14-17-9/h2-4H,1H3,(H,15,16). The summed E-state index contributed by atoms with van der Waals surface area (Å²) in [5.74, 6) is -1.59. The van der Waals surface area contributed by atoms with E-state index < -0.39 is 11.8 Å². The fraction of sp³-hybridized carbons (Fsp3) is 0.0909. The van der Waals surface area contributed by atoms with E-state index in [9.17, 15) is 9.18 Å². The van der Waals surface area contributed by atoms with Crippen LogP contribution >= 0.6 is 15.9 Å². The summed E-state index contributed by atoms with van der Waals surface area (Å²) in [5, 5.41) is 12.0. The van der Waals surface area contributed by atoms with E-state index in [1.807, 2.05) is 0 Å². The maximum atomic E-state index is 13.8. The van der Waals surface area contributed by atoms with E-state index in [0.717, 1.165) is 0 Å². The fourth-order valence-corrected chi connectivity index (χ4v) is 1.98. The summed E-state index contributed by atoms with van der Waals surface area (Å²) >= 11 is 3.24. The molecule has 17 heavy (non-hydrogen) atoms. The molecular formula is C11H7BrFNO3. The molecule has 88 valence electrons. The molecule has 0 aliphatic heterocycles. The van der Waals surface area contributed by atoms with E-state index in [1.165, 1.54) is 12.1 Å². The van der Waals surface area contributed by atoms with Crippen molar-refractivity contribution in [2.75, 3.05) is 0 Å². The summed E-state index contributed by atoms with van der Waals surface area (Å²) in [6, 6.07) is 4.31. The lowest BCUT2D eigenvalue weighted by atomic mass is 10.1. The minimum absolute atomic E-state index is 0.0873. The molecule has 6 heteroatoms. The molecule has 0 aliphatic carbocycles. The smallest absolute Gasteiger partial charge is 0.358 e. The Morgan fingerprint density at radius 3 is 2.76 bits per heavy atom. The molecule has 0 amide bonds. The van der Waals surface area contributed by atoms with E-state index in [2.05, 4.69) is 21.1 Å². The third kappa shape index (κ3) is 2.21. The molecule has 2 rings (SSSR count). The first kappa shape index (κ1) is 11.8. The van der Waals surface area contributed by atoms with Crippen molar-refractivity contribution in [1.82, 2.24) is 5.16 Å². The molecule has 0 bridgehead atoms. The van der Waals surface area contributed by atoms with E-state index in [-0.39, 0.29) is 17.0 Å². The molecule has 0 saturated heterocycles. The number of aromatic nitrogens is 1. The van der Waals surface area contributed by atoms with Crippen LogP contribution in [0.3, 0.4) is 0 Å². The lowest BCUT2D eigenvalue weighted by Crippen LogP contribution is -1.94. The van der Waals surface area contributed by atoms with Gasteiger partial charge in [0.25, 0.3) is 0 Å². The van der Waals surface area contributed by atoms with E-state index in [0.29, 0.717) is 10.0 Å². The maximum absolute atomic E-state index is 13.8. The van der Waals surface area contributed by atoms with Crippen LogP contribution in [-0.4, -0.2) is 16.2 Å².